The number of benzene rings is 1. The molecule has 0 amide bonds. The van der Waals surface area contributed by atoms with Crippen LogP contribution < -0.4 is 0 Å². The summed E-state index contributed by atoms with van der Waals surface area (Å²) in [4.78, 5) is 4.07. The molecule has 2 heterocycles. The number of aromatic nitrogens is 4. The van der Waals surface area contributed by atoms with Crippen LogP contribution in [-0.2, 0) is 5.75 Å². The quantitative estimate of drug-likeness (QED) is 0.696. The Morgan fingerprint density at radius 2 is 2.16 bits per heavy atom. The van der Waals surface area contributed by atoms with Gasteiger partial charge >= 0.3 is 0 Å². The van der Waals surface area contributed by atoms with Crippen LogP contribution in [0.2, 0.25) is 5.02 Å². The van der Waals surface area contributed by atoms with Crippen molar-refractivity contribution in [1.82, 2.24) is 19.6 Å². The van der Waals surface area contributed by atoms with Crippen LogP contribution in [0, 0.1) is 5.82 Å². The SMILES string of the molecule is Fc1cccc(Cl)c1CSc1nnc2ncccn12. The summed E-state index contributed by atoms with van der Waals surface area (Å²) in [7, 11) is 0. The van der Waals surface area contributed by atoms with E-state index in [1.807, 2.05) is 6.20 Å². The molecule has 0 spiro atoms. The van der Waals surface area contributed by atoms with Gasteiger partial charge in [0.1, 0.15) is 5.82 Å². The zero-order valence-electron chi connectivity index (χ0n) is 9.62. The highest BCUT2D eigenvalue weighted by atomic mass is 35.5. The molecule has 0 radical (unpaired) electrons. The number of thioether (sulfide) groups is 1. The van der Waals surface area contributed by atoms with E-state index in [0.29, 0.717) is 27.3 Å². The summed E-state index contributed by atoms with van der Waals surface area (Å²) in [6.45, 7) is 0. The molecule has 1 aromatic carbocycles. The molecule has 4 nitrogen and oxygen atoms in total. The third kappa shape index (κ3) is 2.41. The van der Waals surface area contributed by atoms with E-state index in [1.54, 1.807) is 28.8 Å². The van der Waals surface area contributed by atoms with Gasteiger partial charge in [0.25, 0.3) is 5.78 Å². The summed E-state index contributed by atoms with van der Waals surface area (Å²) in [6, 6.07) is 6.44. The highest BCUT2D eigenvalue weighted by Crippen LogP contribution is 2.27. The minimum Gasteiger partial charge on any atom is -0.261 e. The molecule has 0 atom stereocenters. The molecule has 0 aliphatic carbocycles. The van der Waals surface area contributed by atoms with E-state index in [0.717, 1.165) is 0 Å². The summed E-state index contributed by atoms with van der Waals surface area (Å²) in [6.07, 6.45) is 3.46. The van der Waals surface area contributed by atoms with Gasteiger partial charge < -0.3 is 0 Å². The van der Waals surface area contributed by atoms with E-state index in [-0.39, 0.29) is 5.82 Å². The Labute approximate surface area is 117 Å². The zero-order valence-corrected chi connectivity index (χ0v) is 11.2. The predicted molar refractivity (Wildman–Crippen MR) is 71.8 cm³/mol. The second kappa shape index (κ2) is 5.14. The lowest BCUT2D eigenvalue weighted by Gasteiger charge is -2.04. The van der Waals surface area contributed by atoms with Gasteiger partial charge in [-0.1, -0.05) is 29.4 Å². The molecule has 0 N–H and O–H groups in total. The van der Waals surface area contributed by atoms with Crippen molar-refractivity contribution in [3.63, 3.8) is 0 Å². The van der Waals surface area contributed by atoms with Gasteiger partial charge in [-0.05, 0) is 18.2 Å². The summed E-state index contributed by atoms with van der Waals surface area (Å²) in [5.74, 6) is 0.595. The molecule has 0 aliphatic heterocycles. The number of hydrogen-bond acceptors (Lipinski definition) is 4. The minimum atomic E-state index is -0.313. The van der Waals surface area contributed by atoms with Crippen LogP contribution in [0.1, 0.15) is 5.56 Å². The van der Waals surface area contributed by atoms with Gasteiger partial charge in [-0.25, -0.2) is 9.37 Å². The Balaban J connectivity index is 1.87. The van der Waals surface area contributed by atoms with Crippen molar-refractivity contribution in [3.8, 4) is 0 Å². The predicted octanol–water partition coefficient (Wildman–Crippen LogP) is 3.21. The van der Waals surface area contributed by atoms with E-state index in [9.17, 15) is 4.39 Å². The maximum Gasteiger partial charge on any atom is 0.255 e. The Kier molecular flexibility index (Phi) is 3.35. The van der Waals surface area contributed by atoms with E-state index in [4.69, 9.17) is 11.6 Å². The van der Waals surface area contributed by atoms with Gasteiger partial charge in [-0.3, -0.25) is 4.40 Å². The highest BCUT2D eigenvalue weighted by molar-refractivity contribution is 7.98. The molecule has 0 aliphatic rings. The number of halogens is 2. The van der Waals surface area contributed by atoms with Gasteiger partial charge in [0, 0.05) is 28.7 Å². The Hall–Kier alpha value is -1.66. The molecule has 2 aromatic heterocycles. The Bertz CT molecular complexity index is 710. The standard InChI is InChI=1S/C12H8ClFN4S/c13-9-3-1-4-10(14)8(9)7-19-12-17-16-11-15-5-2-6-18(11)12/h1-6H,7H2. The molecule has 19 heavy (non-hydrogen) atoms. The van der Waals surface area contributed by atoms with Crippen LogP contribution in [0.15, 0.2) is 41.8 Å². The van der Waals surface area contributed by atoms with Crippen LogP contribution in [0.4, 0.5) is 4.39 Å². The first-order valence-corrected chi connectivity index (χ1v) is 6.83. The lowest BCUT2D eigenvalue weighted by molar-refractivity contribution is 0.617. The lowest BCUT2D eigenvalue weighted by Crippen LogP contribution is -1.92. The topological polar surface area (TPSA) is 43.1 Å². The van der Waals surface area contributed by atoms with E-state index in [1.165, 1.54) is 17.8 Å². The van der Waals surface area contributed by atoms with Gasteiger partial charge in [-0.2, -0.15) is 0 Å². The summed E-state index contributed by atoms with van der Waals surface area (Å²) >= 11 is 7.34. The first-order valence-electron chi connectivity index (χ1n) is 5.47. The fraction of sp³-hybridized carbons (Fsp3) is 0.0833. The maximum absolute atomic E-state index is 13.6. The third-order valence-electron chi connectivity index (χ3n) is 2.57. The Morgan fingerprint density at radius 3 is 3.00 bits per heavy atom. The second-order valence-electron chi connectivity index (χ2n) is 3.76. The van der Waals surface area contributed by atoms with Crippen molar-refractivity contribution in [1.29, 1.82) is 0 Å². The normalized spacial score (nSPS) is 11.1. The fourth-order valence-electron chi connectivity index (χ4n) is 1.63. The van der Waals surface area contributed by atoms with Crippen molar-refractivity contribution >= 4 is 29.1 Å². The van der Waals surface area contributed by atoms with Crippen molar-refractivity contribution < 1.29 is 4.39 Å². The molecule has 0 saturated heterocycles. The fourth-order valence-corrected chi connectivity index (χ4v) is 2.88. The summed E-state index contributed by atoms with van der Waals surface area (Å²) in [5, 5.41) is 9.02. The Morgan fingerprint density at radius 1 is 1.26 bits per heavy atom. The highest BCUT2D eigenvalue weighted by Gasteiger charge is 2.11. The molecule has 0 saturated carbocycles. The average Bonchev–Trinajstić information content (AvgIpc) is 2.82. The second-order valence-corrected chi connectivity index (χ2v) is 5.11. The molecular weight excluding hydrogens is 287 g/mol. The van der Waals surface area contributed by atoms with Crippen LogP contribution in [-0.4, -0.2) is 19.6 Å². The van der Waals surface area contributed by atoms with Crippen LogP contribution in [0.25, 0.3) is 5.78 Å². The van der Waals surface area contributed by atoms with E-state index in [2.05, 4.69) is 15.2 Å². The van der Waals surface area contributed by atoms with Crippen molar-refractivity contribution in [2.45, 2.75) is 10.9 Å². The first kappa shape index (κ1) is 12.4. The molecule has 0 unspecified atom stereocenters. The number of fused-ring (bicyclic) bond motifs is 1. The van der Waals surface area contributed by atoms with Crippen molar-refractivity contribution in [2.24, 2.45) is 0 Å². The van der Waals surface area contributed by atoms with Crippen molar-refractivity contribution in [3.05, 3.63) is 53.1 Å². The molecule has 3 aromatic rings. The molecule has 0 bridgehead atoms. The van der Waals surface area contributed by atoms with E-state index < -0.39 is 0 Å². The first-order chi connectivity index (χ1) is 9.25. The van der Waals surface area contributed by atoms with Crippen molar-refractivity contribution in [2.75, 3.05) is 0 Å². The molecular formula is C12H8ClFN4S. The summed E-state index contributed by atoms with van der Waals surface area (Å²) in [5.41, 5.74) is 0.467. The van der Waals surface area contributed by atoms with Crippen LogP contribution in [0.5, 0.6) is 0 Å². The van der Waals surface area contributed by atoms with Crippen LogP contribution in [0.3, 0.4) is 0 Å². The number of rotatable bonds is 3. The number of nitrogens with zero attached hydrogens (tertiary/aromatic N) is 4. The average molecular weight is 295 g/mol. The maximum atomic E-state index is 13.6. The third-order valence-corrected chi connectivity index (χ3v) is 3.89. The number of hydrogen-bond donors (Lipinski definition) is 0. The molecule has 96 valence electrons. The molecule has 3 rings (SSSR count). The van der Waals surface area contributed by atoms with Gasteiger partial charge in [-0.15, -0.1) is 10.2 Å². The molecule has 0 fully saturated rings. The van der Waals surface area contributed by atoms with Crippen LogP contribution >= 0.6 is 23.4 Å². The largest absolute Gasteiger partial charge is 0.261 e. The van der Waals surface area contributed by atoms with Gasteiger partial charge in [0.2, 0.25) is 0 Å². The lowest BCUT2D eigenvalue weighted by atomic mass is 10.2. The van der Waals surface area contributed by atoms with Gasteiger partial charge in [0.05, 0.1) is 0 Å². The molecule has 7 heteroatoms. The minimum absolute atomic E-state index is 0.313. The van der Waals surface area contributed by atoms with E-state index >= 15 is 0 Å². The smallest absolute Gasteiger partial charge is 0.255 e. The monoisotopic (exact) mass is 294 g/mol. The van der Waals surface area contributed by atoms with Gasteiger partial charge in [0.15, 0.2) is 5.16 Å². The zero-order chi connectivity index (χ0) is 13.2. The summed E-state index contributed by atoms with van der Waals surface area (Å²) < 4.78 is 15.4.